The van der Waals surface area contributed by atoms with Crippen LogP contribution in [0.1, 0.15) is 23.7 Å². The van der Waals surface area contributed by atoms with Gasteiger partial charge in [-0.1, -0.05) is 35.3 Å². The van der Waals surface area contributed by atoms with Gasteiger partial charge in [-0.25, -0.2) is 4.79 Å². The number of methoxy groups -OCH3 is 1. The second kappa shape index (κ2) is 13.6. The normalized spacial score (nSPS) is 15.1. The molecular weight excluding hydrogens is 601 g/mol. The fourth-order valence-corrected chi connectivity index (χ4v) is 5.34. The molecule has 4 aromatic rings. The van der Waals surface area contributed by atoms with Gasteiger partial charge < -0.3 is 10.1 Å². The van der Waals surface area contributed by atoms with Gasteiger partial charge in [0.05, 0.1) is 36.1 Å². The molecule has 5 rings (SSSR count). The van der Waals surface area contributed by atoms with Crippen molar-refractivity contribution in [1.82, 2.24) is 35.7 Å². The minimum Gasteiger partial charge on any atom is -0.453 e. The first-order valence-corrected chi connectivity index (χ1v) is 14.3. The monoisotopic (exact) mass is 623 g/mol. The van der Waals surface area contributed by atoms with Crippen molar-refractivity contribution in [2.24, 2.45) is 4.99 Å². The summed E-state index contributed by atoms with van der Waals surface area (Å²) in [6.07, 6.45) is 4.44. The van der Waals surface area contributed by atoms with E-state index in [0.29, 0.717) is 39.6 Å². The second-order valence-corrected chi connectivity index (χ2v) is 10.7. The highest BCUT2D eigenvalue weighted by molar-refractivity contribution is 8.12. The van der Waals surface area contributed by atoms with Crippen molar-refractivity contribution in [3.8, 4) is 16.8 Å². The molecule has 2 aromatic heterocycles. The van der Waals surface area contributed by atoms with Crippen molar-refractivity contribution in [3.63, 3.8) is 0 Å². The summed E-state index contributed by atoms with van der Waals surface area (Å²) >= 11 is 14.2. The van der Waals surface area contributed by atoms with Gasteiger partial charge in [0.15, 0.2) is 5.15 Å². The van der Waals surface area contributed by atoms with E-state index < -0.39 is 12.1 Å². The number of carbonyl (C=O) groups is 2. The number of aliphatic imine (C=N–C) groups is 1. The summed E-state index contributed by atoms with van der Waals surface area (Å²) in [4.78, 5) is 29.2. The molecule has 3 heterocycles. The van der Waals surface area contributed by atoms with Gasteiger partial charge >= 0.3 is 6.09 Å². The third-order valence-corrected chi connectivity index (χ3v) is 7.57. The molecule has 1 aliphatic heterocycles. The largest absolute Gasteiger partial charge is 0.453 e. The number of anilines is 1. The van der Waals surface area contributed by atoms with Crippen molar-refractivity contribution >= 4 is 64.3 Å². The van der Waals surface area contributed by atoms with Crippen LogP contribution in [-0.2, 0) is 9.53 Å². The number of nitrogens with zero attached hydrogens (tertiary/aromatic N) is 7. The average Bonchev–Trinajstić information content (AvgIpc) is 3.72. The van der Waals surface area contributed by atoms with Crippen molar-refractivity contribution in [3.05, 3.63) is 82.4 Å². The number of rotatable bonds is 9. The van der Waals surface area contributed by atoms with Crippen LogP contribution in [0.15, 0.2) is 65.9 Å². The van der Waals surface area contributed by atoms with Crippen LogP contribution >= 0.6 is 35.0 Å². The van der Waals surface area contributed by atoms with Gasteiger partial charge in [-0.15, -0.1) is 22.0 Å². The summed E-state index contributed by atoms with van der Waals surface area (Å²) in [5.41, 5.74) is 5.57. The zero-order valence-corrected chi connectivity index (χ0v) is 24.3. The first-order chi connectivity index (χ1) is 20.4. The number of tetrazole rings is 1. The van der Waals surface area contributed by atoms with Crippen LogP contribution in [0.25, 0.3) is 22.9 Å². The average molecular weight is 625 g/mol. The van der Waals surface area contributed by atoms with Gasteiger partial charge in [0.2, 0.25) is 5.91 Å². The van der Waals surface area contributed by atoms with Gasteiger partial charge in [-0.05, 0) is 64.9 Å². The van der Waals surface area contributed by atoms with Crippen LogP contribution in [0.5, 0.6) is 0 Å². The highest BCUT2D eigenvalue weighted by Gasteiger charge is 2.24. The minimum atomic E-state index is -0.573. The number of nitrogens with one attached hydrogen (secondary N) is 2. The third-order valence-electron chi connectivity index (χ3n) is 6.21. The maximum absolute atomic E-state index is 13.2. The lowest BCUT2D eigenvalue weighted by atomic mass is 10.0. The Kier molecular flexibility index (Phi) is 9.41. The highest BCUT2D eigenvalue weighted by atomic mass is 35.5. The van der Waals surface area contributed by atoms with Crippen molar-refractivity contribution in [1.29, 1.82) is 0 Å². The highest BCUT2D eigenvalue weighted by Crippen LogP contribution is 2.31. The van der Waals surface area contributed by atoms with Crippen LogP contribution in [-0.4, -0.2) is 66.9 Å². The lowest BCUT2D eigenvalue weighted by Gasteiger charge is -2.20. The molecule has 15 heteroatoms. The summed E-state index contributed by atoms with van der Waals surface area (Å²) in [5.74, 6) is 0.441. The number of benzene rings is 2. The van der Waals surface area contributed by atoms with Gasteiger partial charge in [-0.2, -0.15) is 9.78 Å². The fraction of sp³-hybridized carbons (Fsp3) is 0.185. The van der Waals surface area contributed by atoms with Gasteiger partial charge in [0, 0.05) is 33.7 Å². The number of halogens is 2. The summed E-state index contributed by atoms with van der Waals surface area (Å²) in [6, 6.07) is 13.5. The van der Waals surface area contributed by atoms with E-state index in [1.165, 1.54) is 24.2 Å². The molecule has 0 spiro atoms. The van der Waals surface area contributed by atoms with Crippen LogP contribution in [0.2, 0.25) is 10.2 Å². The molecule has 2 N–H and O–H groups in total. The Morgan fingerprint density at radius 1 is 1.17 bits per heavy atom. The molecule has 42 heavy (non-hydrogen) atoms. The van der Waals surface area contributed by atoms with E-state index in [4.69, 9.17) is 23.2 Å². The molecule has 0 saturated heterocycles. The molecule has 2 aromatic carbocycles. The van der Waals surface area contributed by atoms with Crippen LogP contribution in [0.4, 0.5) is 10.5 Å². The fourth-order valence-electron chi connectivity index (χ4n) is 4.17. The molecule has 0 saturated carbocycles. The zero-order valence-electron chi connectivity index (χ0n) is 22.0. The van der Waals surface area contributed by atoms with E-state index in [9.17, 15) is 9.59 Å². The molecule has 1 aliphatic rings. The summed E-state index contributed by atoms with van der Waals surface area (Å²) < 4.78 is 6.11. The SMILES string of the molecule is COC(=O)Nc1ccc(-c2cc([C@H](CC3CSC=N3)NC(=O)/C=C/c3cc(Cl)ccc3-n3cnnn3)nnc2Cl)cc1. The maximum atomic E-state index is 13.2. The molecule has 214 valence electrons. The molecule has 2 atom stereocenters. The number of amides is 2. The summed E-state index contributed by atoms with van der Waals surface area (Å²) in [5, 5.41) is 26.1. The minimum absolute atomic E-state index is 0.00626. The lowest BCUT2D eigenvalue weighted by Crippen LogP contribution is -2.30. The van der Waals surface area contributed by atoms with Crippen LogP contribution in [0.3, 0.4) is 0 Å². The van der Waals surface area contributed by atoms with E-state index in [1.54, 1.807) is 66.4 Å². The Labute approximate surface area is 254 Å². The van der Waals surface area contributed by atoms with Crippen molar-refractivity contribution in [2.45, 2.75) is 18.5 Å². The predicted molar refractivity (Wildman–Crippen MR) is 162 cm³/mol. The Bertz CT molecular complexity index is 1630. The Morgan fingerprint density at radius 2 is 2.00 bits per heavy atom. The number of hydrogen-bond acceptors (Lipinski definition) is 10. The molecular formula is C27H23Cl2N9O3S. The molecule has 0 fully saturated rings. The second-order valence-electron chi connectivity index (χ2n) is 9.00. The van der Waals surface area contributed by atoms with E-state index in [-0.39, 0.29) is 17.1 Å². The van der Waals surface area contributed by atoms with E-state index in [1.807, 2.05) is 5.55 Å². The zero-order chi connectivity index (χ0) is 29.5. The summed E-state index contributed by atoms with van der Waals surface area (Å²) in [6.45, 7) is 0. The molecule has 1 unspecified atom stereocenters. The number of carbonyl (C=O) groups excluding carboxylic acids is 2. The quantitative estimate of drug-likeness (QED) is 0.245. The topological polar surface area (TPSA) is 149 Å². The van der Waals surface area contributed by atoms with E-state index in [2.05, 4.69) is 46.1 Å². The molecule has 12 nitrogen and oxygen atoms in total. The lowest BCUT2D eigenvalue weighted by molar-refractivity contribution is -0.117. The van der Waals surface area contributed by atoms with Gasteiger partial charge in [0.25, 0.3) is 0 Å². The van der Waals surface area contributed by atoms with E-state index in [0.717, 1.165) is 11.3 Å². The predicted octanol–water partition coefficient (Wildman–Crippen LogP) is 5.01. The Balaban J connectivity index is 1.39. The number of ether oxygens (including phenoxy) is 1. The molecule has 0 aliphatic carbocycles. The van der Waals surface area contributed by atoms with Crippen molar-refractivity contribution < 1.29 is 14.3 Å². The van der Waals surface area contributed by atoms with Gasteiger partial charge in [-0.3, -0.25) is 15.1 Å². The molecule has 2 amide bonds. The number of aromatic nitrogens is 6. The first kappa shape index (κ1) is 29.2. The molecule has 0 bridgehead atoms. The van der Waals surface area contributed by atoms with Crippen LogP contribution in [0, 0.1) is 0 Å². The number of thioether (sulfide) groups is 1. The van der Waals surface area contributed by atoms with Crippen molar-refractivity contribution in [2.75, 3.05) is 18.2 Å². The smallest absolute Gasteiger partial charge is 0.411 e. The maximum Gasteiger partial charge on any atom is 0.411 e. The summed E-state index contributed by atoms with van der Waals surface area (Å²) in [7, 11) is 1.29. The molecule has 0 radical (unpaired) electrons. The Hall–Kier alpha value is -4.33. The standard InChI is InChI=1S/C27H23Cl2N9O3S/c1-41-27(40)32-19-6-2-16(3-7-19)21-12-23(34-35-26(21)29)22(11-20-13-42-15-30-20)33-25(39)9-4-17-10-18(28)5-8-24(17)38-14-31-36-37-38/h2-10,12,14-15,20,22H,11,13H2,1H3,(H,32,40)(H,33,39)/b9-4+/t20?,22-/m0/s1. The first-order valence-electron chi connectivity index (χ1n) is 12.5. The Morgan fingerprint density at radius 3 is 2.71 bits per heavy atom. The number of hydrogen-bond donors (Lipinski definition) is 2. The van der Waals surface area contributed by atoms with Gasteiger partial charge in [0.1, 0.15) is 6.33 Å². The third kappa shape index (κ3) is 7.29. The van der Waals surface area contributed by atoms with E-state index >= 15 is 0 Å². The van der Waals surface area contributed by atoms with Crippen LogP contribution < -0.4 is 10.6 Å².